The minimum atomic E-state index is 0.854. The van der Waals surface area contributed by atoms with Crippen molar-refractivity contribution in [2.45, 2.75) is 20.8 Å². The molecule has 0 saturated heterocycles. The average Bonchev–Trinajstić information content (AvgIpc) is 2.54. The minimum Gasteiger partial charge on any atom is -0.496 e. The third-order valence-corrected chi connectivity index (χ3v) is 3.73. The summed E-state index contributed by atoms with van der Waals surface area (Å²) < 4.78 is 8.45. The Bertz CT molecular complexity index is 602. The van der Waals surface area contributed by atoms with Gasteiger partial charge in [-0.3, -0.25) is 0 Å². The van der Waals surface area contributed by atoms with Crippen LogP contribution in [0.5, 0.6) is 5.75 Å². The number of nitrogens with zero attached hydrogens (tertiary/aromatic N) is 2. The molecule has 0 radical (unpaired) electrons. The number of aryl methyl sites for hydroxylation is 3. The molecule has 1 aromatic heterocycles. The fourth-order valence-corrected chi connectivity index (χ4v) is 2.95. The first-order chi connectivity index (χ1) is 8.45. The van der Waals surface area contributed by atoms with E-state index in [-0.39, 0.29) is 0 Å². The van der Waals surface area contributed by atoms with Gasteiger partial charge in [-0.1, -0.05) is 6.07 Å². The van der Waals surface area contributed by atoms with E-state index in [0.717, 1.165) is 27.4 Å². The van der Waals surface area contributed by atoms with Crippen molar-refractivity contribution in [1.29, 1.82) is 0 Å². The molecule has 0 N–H and O–H groups in total. The Morgan fingerprint density at radius 3 is 2.39 bits per heavy atom. The molecule has 1 heterocycles. The van der Waals surface area contributed by atoms with Crippen LogP contribution >= 0.6 is 15.9 Å². The second-order valence-electron chi connectivity index (χ2n) is 4.52. The molecule has 0 spiro atoms. The molecule has 18 heavy (non-hydrogen) atoms. The molecule has 0 aliphatic carbocycles. The smallest absolute Gasteiger partial charge is 0.132 e. The van der Waals surface area contributed by atoms with Crippen LogP contribution in [0.2, 0.25) is 0 Å². The van der Waals surface area contributed by atoms with Gasteiger partial charge in [-0.2, -0.15) is 0 Å². The molecule has 0 fully saturated rings. The Kier molecular flexibility index (Phi) is 3.48. The van der Waals surface area contributed by atoms with Gasteiger partial charge in [0.25, 0.3) is 0 Å². The first-order valence-electron chi connectivity index (χ1n) is 5.80. The number of methoxy groups -OCH3 is 1. The topological polar surface area (TPSA) is 27.1 Å². The van der Waals surface area contributed by atoms with Gasteiger partial charge in [0.1, 0.15) is 16.2 Å². The number of hydrogen-bond acceptors (Lipinski definition) is 2. The Balaban J connectivity index is 2.78. The minimum absolute atomic E-state index is 0.854. The van der Waals surface area contributed by atoms with Gasteiger partial charge >= 0.3 is 0 Å². The van der Waals surface area contributed by atoms with E-state index in [1.807, 2.05) is 14.0 Å². The van der Waals surface area contributed by atoms with Crippen molar-refractivity contribution in [3.05, 3.63) is 33.7 Å². The van der Waals surface area contributed by atoms with Crippen molar-refractivity contribution >= 4 is 15.9 Å². The first-order valence-corrected chi connectivity index (χ1v) is 6.59. The van der Waals surface area contributed by atoms with Gasteiger partial charge in [0.2, 0.25) is 0 Å². The summed E-state index contributed by atoms with van der Waals surface area (Å²) in [5.74, 6) is 1.86. The molecule has 0 atom stereocenters. The van der Waals surface area contributed by atoms with Crippen LogP contribution < -0.4 is 4.74 Å². The quantitative estimate of drug-likeness (QED) is 0.844. The molecule has 0 amide bonds. The van der Waals surface area contributed by atoms with Crippen LogP contribution in [0.4, 0.5) is 0 Å². The van der Waals surface area contributed by atoms with E-state index in [2.05, 4.69) is 51.5 Å². The first kappa shape index (κ1) is 13.1. The number of benzene rings is 1. The second-order valence-corrected chi connectivity index (χ2v) is 5.27. The molecule has 0 saturated carbocycles. The third-order valence-electron chi connectivity index (χ3n) is 3.18. The zero-order valence-corrected chi connectivity index (χ0v) is 12.9. The molecule has 2 aromatic rings. The normalized spacial score (nSPS) is 10.8. The van der Waals surface area contributed by atoms with Crippen molar-refractivity contribution in [2.75, 3.05) is 7.11 Å². The highest BCUT2D eigenvalue weighted by Crippen LogP contribution is 2.38. The van der Waals surface area contributed by atoms with Crippen molar-refractivity contribution in [3.8, 4) is 17.0 Å². The highest BCUT2D eigenvalue weighted by molar-refractivity contribution is 9.10. The van der Waals surface area contributed by atoms with Gasteiger partial charge in [-0.25, -0.2) is 4.98 Å². The standard InChI is InChI=1S/C14H17BrN2O/c1-8-6-9(2)12(11(7-8)18-5)13-14(15)16-10(3)17(13)4/h6-7H,1-5H3. The fourth-order valence-electron chi connectivity index (χ4n) is 2.23. The summed E-state index contributed by atoms with van der Waals surface area (Å²) in [5, 5.41) is 0. The molecule has 0 bridgehead atoms. The van der Waals surface area contributed by atoms with Gasteiger partial charge in [0, 0.05) is 12.6 Å². The predicted octanol–water partition coefficient (Wildman–Crippen LogP) is 3.78. The Morgan fingerprint density at radius 1 is 1.22 bits per heavy atom. The summed E-state index contributed by atoms with van der Waals surface area (Å²) in [5.41, 5.74) is 4.54. The lowest BCUT2D eigenvalue weighted by atomic mass is 10.0. The molecular weight excluding hydrogens is 292 g/mol. The summed E-state index contributed by atoms with van der Waals surface area (Å²) in [4.78, 5) is 4.45. The lowest BCUT2D eigenvalue weighted by molar-refractivity contribution is 0.415. The molecule has 2 rings (SSSR count). The lowest BCUT2D eigenvalue weighted by Gasteiger charge is -2.14. The van der Waals surface area contributed by atoms with Gasteiger partial charge in [0.05, 0.1) is 12.8 Å². The van der Waals surface area contributed by atoms with Gasteiger partial charge in [-0.05, 0) is 53.9 Å². The highest BCUT2D eigenvalue weighted by Gasteiger charge is 2.18. The van der Waals surface area contributed by atoms with Crippen LogP contribution in [0.3, 0.4) is 0 Å². The van der Waals surface area contributed by atoms with Crippen LogP contribution in [-0.2, 0) is 7.05 Å². The van der Waals surface area contributed by atoms with E-state index in [1.54, 1.807) is 7.11 Å². The molecule has 96 valence electrons. The van der Waals surface area contributed by atoms with Crippen molar-refractivity contribution in [1.82, 2.24) is 9.55 Å². The van der Waals surface area contributed by atoms with E-state index in [9.17, 15) is 0 Å². The third kappa shape index (κ3) is 2.05. The molecule has 1 aromatic carbocycles. The number of imidazole rings is 1. The van der Waals surface area contributed by atoms with E-state index in [4.69, 9.17) is 4.74 Å². The van der Waals surface area contributed by atoms with Crippen LogP contribution in [0, 0.1) is 20.8 Å². The van der Waals surface area contributed by atoms with E-state index >= 15 is 0 Å². The highest BCUT2D eigenvalue weighted by atomic mass is 79.9. The summed E-state index contributed by atoms with van der Waals surface area (Å²) >= 11 is 3.53. The summed E-state index contributed by atoms with van der Waals surface area (Å²) in [6.45, 7) is 6.16. The molecule has 4 heteroatoms. The largest absolute Gasteiger partial charge is 0.496 e. The van der Waals surface area contributed by atoms with E-state index in [0.29, 0.717) is 0 Å². The molecule has 3 nitrogen and oxygen atoms in total. The van der Waals surface area contributed by atoms with Crippen LogP contribution in [0.25, 0.3) is 11.3 Å². The Hall–Kier alpha value is -1.29. The zero-order chi connectivity index (χ0) is 13.4. The van der Waals surface area contributed by atoms with E-state index < -0.39 is 0 Å². The molecule has 0 aliphatic heterocycles. The average molecular weight is 309 g/mol. The van der Waals surface area contributed by atoms with Gasteiger partial charge in [-0.15, -0.1) is 0 Å². The van der Waals surface area contributed by atoms with Crippen LogP contribution in [-0.4, -0.2) is 16.7 Å². The summed E-state index contributed by atoms with van der Waals surface area (Å²) in [6, 6.07) is 4.21. The van der Waals surface area contributed by atoms with Gasteiger partial charge in [0.15, 0.2) is 0 Å². The zero-order valence-electron chi connectivity index (χ0n) is 11.3. The summed E-state index contributed by atoms with van der Waals surface area (Å²) in [6.07, 6.45) is 0. The maximum Gasteiger partial charge on any atom is 0.132 e. The van der Waals surface area contributed by atoms with Crippen molar-refractivity contribution < 1.29 is 4.74 Å². The molecular formula is C14H17BrN2O. The summed E-state index contributed by atoms with van der Waals surface area (Å²) in [7, 11) is 3.72. The van der Waals surface area contributed by atoms with Crippen molar-refractivity contribution in [2.24, 2.45) is 7.05 Å². The fraction of sp³-hybridized carbons (Fsp3) is 0.357. The number of rotatable bonds is 2. The number of halogens is 1. The second kappa shape index (κ2) is 4.76. The Labute approximate surface area is 116 Å². The number of hydrogen-bond donors (Lipinski definition) is 0. The predicted molar refractivity (Wildman–Crippen MR) is 77.1 cm³/mol. The number of aromatic nitrogens is 2. The molecule has 0 aliphatic rings. The monoisotopic (exact) mass is 308 g/mol. The number of ether oxygens (including phenoxy) is 1. The maximum atomic E-state index is 5.52. The maximum absolute atomic E-state index is 5.52. The van der Waals surface area contributed by atoms with E-state index in [1.165, 1.54) is 11.1 Å². The van der Waals surface area contributed by atoms with Crippen LogP contribution in [0.1, 0.15) is 17.0 Å². The van der Waals surface area contributed by atoms with Gasteiger partial charge < -0.3 is 9.30 Å². The SMILES string of the molecule is COc1cc(C)cc(C)c1-c1c(Br)nc(C)n1C. The Morgan fingerprint density at radius 2 is 1.89 bits per heavy atom. The van der Waals surface area contributed by atoms with Crippen molar-refractivity contribution in [3.63, 3.8) is 0 Å². The van der Waals surface area contributed by atoms with Crippen LogP contribution in [0.15, 0.2) is 16.7 Å². The lowest BCUT2D eigenvalue weighted by Crippen LogP contribution is -1.99. The molecule has 0 unspecified atom stereocenters.